The van der Waals surface area contributed by atoms with Gasteiger partial charge in [-0.05, 0) is 62.5 Å². The fraction of sp³-hybridized carbons (Fsp3) is 0.588. The minimum Gasteiger partial charge on any atom is -0.444 e. The van der Waals surface area contributed by atoms with Gasteiger partial charge in [-0.25, -0.2) is 9.78 Å². The molecule has 0 radical (unpaired) electrons. The Morgan fingerprint density at radius 2 is 2.25 bits per heavy atom. The van der Waals surface area contributed by atoms with Crippen LogP contribution in [0.3, 0.4) is 0 Å². The minimum absolute atomic E-state index is 0.00280. The number of aromatic nitrogens is 1. The molecule has 0 saturated carbocycles. The maximum absolute atomic E-state index is 12.0. The number of nitriles is 1. The number of piperidine rings is 1. The molecule has 1 aromatic heterocycles. The van der Waals surface area contributed by atoms with Crippen molar-refractivity contribution in [1.82, 2.24) is 10.3 Å². The van der Waals surface area contributed by atoms with Crippen molar-refractivity contribution >= 4 is 27.7 Å². The second-order valence-corrected chi connectivity index (χ2v) is 7.82. The average molecular weight is 395 g/mol. The molecule has 0 aromatic carbocycles. The Bertz CT molecular complexity index is 651. The predicted octanol–water partition coefficient (Wildman–Crippen LogP) is 3.60. The highest BCUT2D eigenvalue weighted by molar-refractivity contribution is 9.10. The molecule has 1 N–H and O–H groups in total. The van der Waals surface area contributed by atoms with Crippen LogP contribution in [0.15, 0.2) is 16.7 Å². The molecule has 2 rings (SSSR count). The third kappa shape index (κ3) is 4.60. The Balaban J connectivity index is 2.10. The second-order valence-electron chi connectivity index (χ2n) is 6.96. The summed E-state index contributed by atoms with van der Waals surface area (Å²) in [6, 6.07) is 4.05. The van der Waals surface area contributed by atoms with Crippen molar-refractivity contribution in [3.05, 3.63) is 22.4 Å². The molecule has 6 nitrogen and oxygen atoms in total. The Morgan fingerprint density at radius 3 is 2.83 bits per heavy atom. The number of carbonyl (C=O) groups is 1. The lowest BCUT2D eigenvalue weighted by atomic mass is 9.97. The number of rotatable bonds is 2. The molecule has 1 aliphatic rings. The first-order valence-electron chi connectivity index (χ1n) is 8.03. The Hall–Kier alpha value is -1.81. The van der Waals surface area contributed by atoms with E-state index in [1.165, 1.54) is 0 Å². The van der Waals surface area contributed by atoms with Gasteiger partial charge in [0.05, 0.1) is 22.4 Å². The van der Waals surface area contributed by atoms with Crippen LogP contribution < -0.4 is 10.2 Å². The molecule has 7 heteroatoms. The normalized spacial score (nSPS) is 21.1. The number of nitrogens with zero attached hydrogens (tertiary/aromatic N) is 3. The number of ether oxygens (including phenoxy) is 1. The van der Waals surface area contributed by atoms with Crippen LogP contribution in [-0.4, -0.2) is 35.3 Å². The summed E-state index contributed by atoms with van der Waals surface area (Å²) in [5.41, 5.74) is 0.791. The lowest BCUT2D eigenvalue weighted by Crippen LogP contribution is -2.54. The second kappa shape index (κ2) is 7.39. The number of carbonyl (C=O) groups excluding carboxylic acids is 1. The maximum Gasteiger partial charge on any atom is 0.407 e. The number of halogens is 1. The first-order chi connectivity index (χ1) is 11.2. The lowest BCUT2D eigenvalue weighted by molar-refractivity contribution is 0.0489. The molecule has 2 heterocycles. The minimum atomic E-state index is -0.510. The molecular weight excluding hydrogens is 372 g/mol. The third-order valence-corrected chi connectivity index (χ3v) is 4.56. The average Bonchev–Trinajstić information content (AvgIpc) is 2.47. The zero-order valence-corrected chi connectivity index (χ0v) is 16.1. The van der Waals surface area contributed by atoms with Crippen LogP contribution in [0.25, 0.3) is 0 Å². The zero-order chi connectivity index (χ0) is 17.9. The Morgan fingerprint density at radius 1 is 1.54 bits per heavy atom. The molecule has 1 amide bonds. The lowest BCUT2D eigenvalue weighted by Gasteiger charge is -2.41. The highest BCUT2D eigenvalue weighted by atomic mass is 79.9. The van der Waals surface area contributed by atoms with Crippen LogP contribution in [0.5, 0.6) is 0 Å². The van der Waals surface area contributed by atoms with Crippen LogP contribution in [0, 0.1) is 11.3 Å². The Kier molecular flexibility index (Phi) is 5.70. The maximum atomic E-state index is 12.0. The molecule has 2 atom stereocenters. The standard InChI is InChI=1S/C17H23BrN4O2/c1-11-14(21-16(23)24-17(2,3)4)6-5-7-22(11)12-8-13(18)15(9-19)20-10-12/h8,10-11,14H,5-7H2,1-4H3,(H,21,23)/t11-,14-/m1/s1. The van der Waals surface area contributed by atoms with E-state index in [4.69, 9.17) is 10.00 Å². The molecule has 1 aromatic rings. The first-order valence-corrected chi connectivity index (χ1v) is 8.82. The van der Waals surface area contributed by atoms with E-state index in [9.17, 15) is 4.79 Å². The summed E-state index contributed by atoms with van der Waals surface area (Å²) >= 11 is 3.38. The number of hydrogen-bond acceptors (Lipinski definition) is 5. The summed E-state index contributed by atoms with van der Waals surface area (Å²) in [6.07, 6.45) is 3.18. The summed E-state index contributed by atoms with van der Waals surface area (Å²) in [5, 5.41) is 12.0. The summed E-state index contributed by atoms with van der Waals surface area (Å²) < 4.78 is 6.03. The molecule has 0 aliphatic carbocycles. The predicted molar refractivity (Wildman–Crippen MR) is 95.9 cm³/mol. The van der Waals surface area contributed by atoms with Crippen LogP contribution in [0.2, 0.25) is 0 Å². The summed E-state index contributed by atoms with van der Waals surface area (Å²) in [6.45, 7) is 8.51. The van der Waals surface area contributed by atoms with Crippen LogP contribution in [-0.2, 0) is 4.74 Å². The van der Waals surface area contributed by atoms with Gasteiger partial charge >= 0.3 is 6.09 Å². The highest BCUT2D eigenvalue weighted by Gasteiger charge is 2.31. The van der Waals surface area contributed by atoms with Crippen molar-refractivity contribution in [2.75, 3.05) is 11.4 Å². The number of alkyl carbamates (subject to hydrolysis) is 1. The van der Waals surface area contributed by atoms with Crippen molar-refractivity contribution in [2.24, 2.45) is 0 Å². The molecule has 1 aliphatic heterocycles. The molecular formula is C17H23BrN4O2. The smallest absolute Gasteiger partial charge is 0.407 e. The van der Waals surface area contributed by atoms with E-state index in [1.54, 1.807) is 6.20 Å². The molecule has 24 heavy (non-hydrogen) atoms. The van der Waals surface area contributed by atoms with Gasteiger partial charge in [-0.3, -0.25) is 0 Å². The van der Waals surface area contributed by atoms with Gasteiger partial charge in [-0.15, -0.1) is 0 Å². The van der Waals surface area contributed by atoms with E-state index < -0.39 is 5.60 Å². The number of amides is 1. The van der Waals surface area contributed by atoms with Crippen LogP contribution in [0.1, 0.15) is 46.2 Å². The van der Waals surface area contributed by atoms with Crippen LogP contribution >= 0.6 is 15.9 Å². The number of hydrogen-bond donors (Lipinski definition) is 1. The first kappa shape index (κ1) is 18.5. The quantitative estimate of drug-likeness (QED) is 0.828. The summed E-state index contributed by atoms with van der Waals surface area (Å²) in [4.78, 5) is 18.4. The number of anilines is 1. The largest absolute Gasteiger partial charge is 0.444 e. The molecule has 1 saturated heterocycles. The zero-order valence-electron chi connectivity index (χ0n) is 14.5. The summed E-state index contributed by atoms with van der Waals surface area (Å²) in [7, 11) is 0. The van der Waals surface area contributed by atoms with Crippen molar-refractivity contribution < 1.29 is 9.53 Å². The molecule has 1 fully saturated rings. The van der Waals surface area contributed by atoms with E-state index in [0.29, 0.717) is 10.2 Å². The van der Waals surface area contributed by atoms with Crippen molar-refractivity contribution in [3.63, 3.8) is 0 Å². The van der Waals surface area contributed by atoms with Gasteiger partial charge in [0.15, 0.2) is 5.69 Å². The Labute approximate surface area is 151 Å². The van der Waals surface area contributed by atoms with E-state index in [0.717, 1.165) is 25.1 Å². The molecule has 0 bridgehead atoms. The molecule has 0 unspecified atom stereocenters. The van der Waals surface area contributed by atoms with Gasteiger partial charge in [0.1, 0.15) is 11.7 Å². The van der Waals surface area contributed by atoms with Crippen molar-refractivity contribution in [3.8, 4) is 6.07 Å². The molecule has 0 spiro atoms. The fourth-order valence-electron chi connectivity index (χ4n) is 2.83. The number of nitrogens with one attached hydrogen (secondary N) is 1. The van der Waals surface area contributed by atoms with Crippen LogP contribution in [0.4, 0.5) is 10.5 Å². The highest BCUT2D eigenvalue weighted by Crippen LogP contribution is 2.28. The van der Waals surface area contributed by atoms with Gasteiger partial charge in [-0.1, -0.05) is 0 Å². The van der Waals surface area contributed by atoms with E-state index in [2.05, 4.69) is 38.1 Å². The van der Waals surface area contributed by atoms with E-state index >= 15 is 0 Å². The van der Waals surface area contributed by atoms with Crippen molar-refractivity contribution in [2.45, 2.75) is 58.2 Å². The van der Waals surface area contributed by atoms with Gasteiger partial charge in [0, 0.05) is 12.6 Å². The fourth-order valence-corrected chi connectivity index (χ4v) is 3.25. The monoisotopic (exact) mass is 394 g/mol. The summed E-state index contributed by atoms with van der Waals surface area (Å²) in [5.74, 6) is 0. The molecule has 130 valence electrons. The van der Waals surface area contributed by atoms with Gasteiger partial charge in [0.25, 0.3) is 0 Å². The SMILES string of the molecule is C[C@@H]1[C@H](NC(=O)OC(C)(C)C)CCCN1c1cnc(C#N)c(Br)c1. The third-order valence-electron chi connectivity index (χ3n) is 3.95. The van der Waals surface area contributed by atoms with Gasteiger partial charge < -0.3 is 15.0 Å². The van der Waals surface area contributed by atoms with Gasteiger partial charge in [0.2, 0.25) is 0 Å². The topological polar surface area (TPSA) is 78.2 Å². The van der Waals surface area contributed by atoms with E-state index in [1.807, 2.05) is 32.9 Å². The number of pyridine rings is 1. The van der Waals surface area contributed by atoms with Crippen molar-refractivity contribution in [1.29, 1.82) is 5.26 Å². The van der Waals surface area contributed by atoms with E-state index in [-0.39, 0.29) is 18.2 Å². The van der Waals surface area contributed by atoms with Gasteiger partial charge in [-0.2, -0.15) is 5.26 Å².